The maximum atomic E-state index is 13.3. The summed E-state index contributed by atoms with van der Waals surface area (Å²) < 4.78 is 15.4. The monoisotopic (exact) mass is 437 g/mol. The van der Waals surface area contributed by atoms with Crippen LogP contribution in [0, 0.1) is 5.82 Å². The van der Waals surface area contributed by atoms with Crippen LogP contribution in [0.5, 0.6) is 0 Å². The van der Waals surface area contributed by atoms with E-state index in [0.29, 0.717) is 24.7 Å². The predicted octanol–water partition coefficient (Wildman–Crippen LogP) is 4.57. The van der Waals surface area contributed by atoms with Crippen molar-refractivity contribution < 1.29 is 9.18 Å². The van der Waals surface area contributed by atoms with E-state index in [1.807, 2.05) is 31.2 Å². The number of para-hydroxylation sites is 1. The molecule has 0 bridgehead atoms. The van der Waals surface area contributed by atoms with Gasteiger partial charge in [0.2, 0.25) is 11.1 Å². The van der Waals surface area contributed by atoms with Gasteiger partial charge in [-0.1, -0.05) is 49.0 Å². The molecule has 6 nitrogen and oxygen atoms in total. The van der Waals surface area contributed by atoms with Crippen LogP contribution in [0.4, 0.5) is 4.39 Å². The number of carbonyl (C=O) groups is 1. The van der Waals surface area contributed by atoms with E-state index < -0.39 is 0 Å². The van der Waals surface area contributed by atoms with Gasteiger partial charge in [-0.3, -0.25) is 4.79 Å². The summed E-state index contributed by atoms with van der Waals surface area (Å²) >= 11 is 1.50. The van der Waals surface area contributed by atoms with Crippen molar-refractivity contribution in [2.75, 3.05) is 12.3 Å². The Morgan fingerprint density at radius 2 is 1.94 bits per heavy atom. The average molecular weight is 438 g/mol. The third-order valence-corrected chi connectivity index (χ3v) is 5.88. The Hall–Kier alpha value is -3.00. The first kappa shape index (κ1) is 21.2. The molecule has 0 aliphatic carbocycles. The van der Waals surface area contributed by atoms with E-state index >= 15 is 0 Å². The van der Waals surface area contributed by atoms with Crippen LogP contribution in [-0.2, 0) is 11.3 Å². The molecule has 0 radical (unpaired) electrons. The average Bonchev–Trinajstić information content (AvgIpc) is 3.10. The fraction of sp³-hybridized carbons (Fsp3) is 0.304. The first-order chi connectivity index (χ1) is 15.2. The molecule has 0 saturated heterocycles. The van der Waals surface area contributed by atoms with Gasteiger partial charge in [-0.25, -0.2) is 9.37 Å². The Balaban J connectivity index is 1.55. The number of aromatic nitrogens is 4. The van der Waals surface area contributed by atoms with Crippen LogP contribution in [-0.4, -0.2) is 38.0 Å². The standard InChI is InChI=1S/C23H24FN5OS/c1-2-13-25-20(30)8-5-14-31-23-26-22-21(27-28-23)18-6-3-4-7-19(18)29(22)15-16-9-11-17(24)12-10-16/h3-4,6-7,9-12H,2,5,8,13-15H2,1H3,(H,25,30). The fourth-order valence-electron chi connectivity index (χ4n) is 3.43. The normalized spacial score (nSPS) is 11.3. The second-order valence-corrected chi connectivity index (χ2v) is 8.36. The van der Waals surface area contributed by atoms with Crippen molar-refractivity contribution >= 4 is 39.7 Å². The maximum Gasteiger partial charge on any atom is 0.220 e. The summed E-state index contributed by atoms with van der Waals surface area (Å²) in [5, 5.41) is 13.2. The lowest BCUT2D eigenvalue weighted by atomic mass is 10.2. The highest BCUT2D eigenvalue weighted by atomic mass is 32.2. The lowest BCUT2D eigenvalue weighted by Gasteiger charge is -2.07. The van der Waals surface area contributed by atoms with Crippen molar-refractivity contribution in [3.63, 3.8) is 0 Å². The van der Waals surface area contributed by atoms with E-state index in [4.69, 9.17) is 4.98 Å². The van der Waals surface area contributed by atoms with Crippen molar-refractivity contribution in [2.24, 2.45) is 0 Å². The van der Waals surface area contributed by atoms with E-state index in [2.05, 4.69) is 20.1 Å². The molecule has 2 aromatic heterocycles. The van der Waals surface area contributed by atoms with Crippen molar-refractivity contribution in [1.29, 1.82) is 0 Å². The number of halogens is 1. The molecular formula is C23H24FN5OS. The van der Waals surface area contributed by atoms with E-state index in [1.165, 1.54) is 23.9 Å². The molecule has 8 heteroatoms. The van der Waals surface area contributed by atoms with Crippen LogP contribution in [0.2, 0.25) is 0 Å². The molecule has 0 spiro atoms. The van der Waals surface area contributed by atoms with E-state index in [1.54, 1.807) is 12.1 Å². The minimum absolute atomic E-state index is 0.0800. The smallest absolute Gasteiger partial charge is 0.220 e. The van der Waals surface area contributed by atoms with Crippen LogP contribution in [0.1, 0.15) is 31.7 Å². The second-order valence-electron chi connectivity index (χ2n) is 7.30. The number of hydrogen-bond donors (Lipinski definition) is 1. The quantitative estimate of drug-likeness (QED) is 0.307. The van der Waals surface area contributed by atoms with Crippen LogP contribution in [0.25, 0.3) is 22.1 Å². The molecule has 1 N–H and O–H groups in total. The lowest BCUT2D eigenvalue weighted by Crippen LogP contribution is -2.23. The largest absolute Gasteiger partial charge is 0.356 e. The molecule has 0 fully saturated rings. The molecule has 0 atom stereocenters. The Bertz CT molecular complexity index is 1190. The number of hydrogen-bond acceptors (Lipinski definition) is 5. The maximum absolute atomic E-state index is 13.3. The first-order valence-corrected chi connectivity index (χ1v) is 11.4. The van der Waals surface area contributed by atoms with Gasteiger partial charge in [0, 0.05) is 30.6 Å². The van der Waals surface area contributed by atoms with Gasteiger partial charge in [-0.15, -0.1) is 10.2 Å². The molecule has 31 heavy (non-hydrogen) atoms. The summed E-state index contributed by atoms with van der Waals surface area (Å²) in [6.45, 7) is 3.31. The Morgan fingerprint density at radius 1 is 1.13 bits per heavy atom. The topological polar surface area (TPSA) is 72.7 Å². The third-order valence-electron chi connectivity index (χ3n) is 4.96. The molecule has 4 aromatic rings. The number of nitrogens with one attached hydrogen (secondary N) is 1. The van der Waals surface area contributed by atoms with Gasteiger partial charge in [0.05, 0.1) is 5.52 Å². The number of benzene rings is 2. The van der Waals surface area contributed by atoms with Gasteiger partial charge in [-0.2, -0.15) is 0 Å². The summed E-state index contributed by atoms with van der Waals surface area (Å²) in [6.07, 6.45) is 2.18. The van der Waals surface area contributed by atoms with Crippen LogP contribution in [0.3, 0.4) is 0 Å². The SMILES string of the molecule is CCCNC(=O)CCCSc1nnc2c3ccccc3n(Cc3ccc(F)cc3)c2n1. The van der Waals surface area contributed by atoms with Gasteiger partial charge in [-0.05, 0) is 36.6 Å². The zero-order valence-corrected chi connectivity index (χ0v) is 18.2. The summed E-state index contributed by atoms with van der Waals surface area (Å²) in [4.78, 5) is 16.5. The first-order valence-electron chi connectivity index (χ1n) is 10.4. The summed E-state index contributed by atoms with van der Waals surface area (Å²) in [5.41, 5.74) is 3.50. The number of amides is 1. The van der Waals surface area contributed by atoms with Crippen molar-refractivity contribution in [1.82, 2.24) is 25.1 Å². The van der Waals surface area contributed by atoms with Crippen LogP contribution in [0.15, 0.2) is 53.7 Å². The molecule has 1 amide bonds. The molecule has 2 aromatic carbocycles. The molecule has 160 valence electrons. The second kappa shape index (κ2) is 9.87. The predicted molar refractivity (Wildman–Crippen MR) is 122 cm³/mol. The van der Waals surface area contributed by atoms with Gasteiger partial charge in [0.15, 0.2) is 5.65 Å². The molecule has 2 heterocycles. The van der Waals surface area contributed by atoms with Crippen LogP contribution >= 0.6 is 11.8 Å². The van der Waals surface area contributed by atoms with E-state index in [0.717, 1.165) is 46.2 Å². The Kier molecular flexibility index (Phi) is 6.76. The number of nitrogens with zero attached hydrogens (tertiary/aromatic N) is 4. The lowest BCUT2D eigenvalue weighted by molar-refractivity contribution is -0.121. The zero-order chi connectivity index (χ0) is 21.6. The third kappa shape index (κ3) is 5.02. The highest BCUT2D eigenvalue weighted by Gasteiger charge is 2.15. The number of carbonyl (C=O) groups excluding carboxylic acids is 1. The van der Waals surface area contributed by atoms with E-state index in [9.17, 15) is 9.18 Å². The van der Waals surface area contributed by atoms with Gasteiger partial charge >= 0.3 is 0 Å². The highest BCUT2D eigenvalue weighted by molar-refractivity contribution is 7.99. The summed E-state index contributed by atoms with van der Waals surface area (Å²) in [6, 6.07) is 14.5. The van der Waals surface area contributed by atoms with Crippen molar-refractivity contribution in [3.8, 4) is 0 Å². The Morgan fingerprint density at radius 3 is 2.74 bits per heavy atom. The van der Waals surface area contributed by atoms with Crippen LogP contribution < -0.4 is 5.32 Å². The number of rotatable bonds is 9. The minimum atomic E-state index is -0.253. The summed E-state index contributed by atoms with van der Waals surface area (Å²) in [7, 11) is 0. The van der Waals surface area contributed by atoms with Gasteiger partial charge in [0.1, 0.15) is 11.3 Å². The number of thioether (sulfide) groups is 1. The van der Waals surface area contributed by atoms with E-state index in [-0.39, 0.29) is 11.7 Å². The molecular weight excluding hydrogens is 413 g/mol. The fourth-order valence-corrected chi connectivity index (χ4v) is 4.15. The molecule has 0 saturated carbocycles. The molecule has 0 aliphatic heterocycles. The van der Waals surface area contributed by atoms with Crippen molar-refractivity contribution in [2.45, 2.75) is 37.9 Å². The Labute approximate surface area is 184 Å². The minimum Gasteiger partial charge on any atom is -0.356 e. The summed E-state index contributed by atoms with van der Waals surface area (Å²) in [5.74, 6) is 0.568. The van der Waals surface area contributed by atoms with Gasteiger partial charge in [0.25, 0.3) is 0 Å². The highest BCUT2D eigenvalue weighted by Crippen LogP contribution is 2.28. The van der Waals surface area contributed by atoms with Gasteiger partial charge < -0.3 is 9.88 Å². The molecule has 4 rings (SSSR count). The van der Waals surface area contributed by atoms with Crippen molar-refractivity contribution in [3.05, 3.63) is 59.9 Å². The zero-order valence-electron chi connectivity index (χ0n) is 17.3. The molecule has 0 unspecified atom stereocenters. The number of fused-ring (bicyclic) bond motifs is 3. The molecule has 0 aliphatic rings.